The van der Waals surface area contributed by atoms with Gasteiger partial charge >= 0.3 is 0 Å². The molecule has 3 rings (SSSR count). The summed E-state index contributed by atoms with van der Waals surface area (Å²) in [5.74, 6) is 0.382. The zero-order valence-corrected chi connectivity index (χ0v) is 16.1. The number of benzene rings is 1. The van der Waals surface area contributed by atoms with E-state index in [9.17, 15) is 9.59 Å². The molecule has 2 heterocycles. The summed E-state index contributed by atoms with van der Waals surface area (Å²) >= 11 is 0. The van der Waals surface area contributed by atoms with Crippen LogP contribution in [-0.4, -0.2) is 43.9 Å². The molecule has 0 aliphatic carbocycles. The molecular weight excluding hydrogens is 342 g/mol. The number of rotatable bonds is 7. The Morgan fingerprint density at radius 1 is 1.30 bits per heavy atom. The number of hydrogen-bond donors (Lipinski definition) is 1. The normalized spacial score (nSPS) is 18.1. The third kappa shape index (κ3) is 4.39. The minimum atomic E-state index is -0.331. The maximum absolute atomic E-state index is 12.6. The Morgan fingerprint density at radius 2 is 2.04 bits per heavy atom. The zero-order chi connectivity index (χ0) is 19.4. The number of likely N-dealkylation sites (N-methyl/N-ethyl adjacent to an activating group) is 1. The van der Waals surface area contributed by atoms with Gasteiger partial charge in [-0.25, -0.2) is 0 Å². The van der Waals surface area contributed by atoms with Crippen LogP contribution in [0.4, 0.5) is 5.69 Å². The van der Waals surface area contributed by atoms with E-state index in [4.69, 9.17) is 4.42 Å². The highest BCUT2D eigenvalue weighted by atomic mass is 16.3. The number of carbonyl (C=O) groups excluding carboxylic acids is 2. The average Bonchev–Trinajstić information content (AvgIpc) is 3.31. The first-order valence-corrected chi connectivity index (χ1v) is 9.36. The molecule has 6 heteroatoms. The van der Waals surface area contributed by atoms with Crippen LogP contribution in [0.1, 0.15) is 30.7 Å². The predicted octanol–water partition coefficient (Wildman–Crippen LogP) is 2.61. The van der Waals surface area contributed by atoms with Gasteiger partial charge < -0.3 is 14.6 Å². The number of aryl methyl sites for hydroxylation is 1. The molecule has 1 aliphatic rings. The Kier molecular flexibility index (Phi) is 5.96. The Morgan fingerprint density at radius 3 is 2.63 bits per heavy atom. The first kappa shape index (κ1) is 19.2. The van der Waals surface area contributed by atoms with Crippen LogP contribution in [0, 0.1) is 5.92 Å². The second-order valence-electron chi connectivity index (χ2n) is 7.17. The minimum absolute atomic E-state index is 0.00501. The molecule has 27 heavy (non-hydrogen) atoms. The van der Waals surface area contributed by atoms with Crippen LogP contribution in [0.3, 0.4) is 0 Å². The van der Waals surface area contributed by atoms with Crippen LogP contribution >= 0.6 is 0 Å². The fourth-order valence-electron chi connectivity index (χ4n) is 3.40. The van der Waals surface area contributed by atoms with Crippen molar-refractivity contribution >= 4 is 17.5 Å². The number of anilines is 1. The van der Waals surface area contributed by atoms with Gasteiger partial charge in [0.05, 0.1) is 18.2 Å². The number of nitrogens with zero attached hydrogens (tertiary/aromatic N) is 2. The summed E-state index contributed by atoms with van der Waals surface area (Å²) in [5, 5.41) is 2.99. The molecule has 0 bridgehead atoms. The molecule has 1 fully saturated rings. The quantitative estimate of drug-likeness (QED) is 0.815. The summed E-state index contributed by atoms with van der Waals surface area (Å²) in [6.45, 7) is 2.96. The smallest absolute Gasteiger partial charge is 0.227 e. The summed E-state index contributed by atoms with van der Waals surface area (Å²) in [7, 11) is 3.89. The molecular formula is C21H27N3O3. The lowest BCUT2D eigenvalue weighted by Crippen LogP contribution is -2.38. The highest BCUT2D eigenvalue weighted by Crippen LogP contribution is 2.26. The fourth-order valence-corrected chi connectivity index (χ4v) is 3.40. The molecule has 2 amide bonds. The van der Waals surface area contributed by atoms with Crippen molar-refractivity contribution in [2.24, 2.45) is 5.92 Å². The Bertz CT molecular complexity index is 768. The van der Waals surface area contributed by atoms with Crippen molar-refractivity contribution in [3.05, 3.63) is 54.0 Å². The highest BCUT2D eigenvalue weighted by Gasteiger charge is 2.35. The van der Waals surface area contributed by atoms with Gasteiger partial charge in [0.2, 0.25) is 11.8 Å². The average molecular weight is 369 g/mol. The molecule has 2 unspecified atom stereocenters. The van der Waals surface area contributed by atoms with Crippen LogP contribution in [0.25, 0.3) is 0 Å². The van der Waals surface area contributed by atoms with Crippen LogP contribution in [0.2, 0.25) is 0 Å². The van der Waals surface area contributed by atoms with Gasteiger partial charge in [0.1, 0.15) is 5.76 Å². The van der Waals surface area contributed by atoms with E-state index in [1.807, 2.05) is 55.4 Å². The zero-order valence-electron chi connectivity index (χ0n) is 16.1. The summed E-state index contributed by atoms with van der Waals surface area (Å²) in [6, 6.07) is 11.7. The summed E-state index contributed by atoms with van der Waals surface area (Å²) < 4.78 is 5.47. The standard InChI is InChI=1S/C21H27N3O3/c1-4-15-7-9-17(10-8-15)24-14-16(12-20(24)25)21(26)22-13-18(23(2)3)19-6-5-11-27-19/h5-11,16,18H,4,12-14H2,1-3H3,(H,22,26). The largest absolute Gasteiger partial charge is 0.468 e. The number of amides is 2. The summed E-state index contributed by atoms with van der Waals surface area (Å²) in [4.78, 5) is 28.7. The Hall–Kier alpha value is -2.60. The SMILES string of the molecule is CCc1ccc(N2CC(C(=O)NCC(c3ccco3)N(C)C)CC2=O)cc1. The van der Waals surface area contributed by atoms with E-state index < -0.39 is 0 Å². The van der Waals surface area contributed by atoms with Crippen LogP contribution in [0.5, 0.6) is 0 Å². The Balaban J connectivity index is 1.60. The van der Waals surface area contributed by atoms with Gasteiger partial charge in [0, 0.05) is 25.2 Å². The van der Waals surface area contributed by atoms with E-state index in [0.29, 0.717) is 13.1 Å². The van der Waals surface area contributed by atoms with E-state index in [2.05, 4.69) is 12.2 Å². The third-order valence-electron chi connectivity index (χ3n) is 5.12. The van der Waals surface area contributed by atoms with E-state index in [0.717, 1.165) is 17.9 Å². The third-order valence-corrected chi connectivity index (χ3v) is 5.12. The summed E-state index contributed by atoms with van der Waals surface area (Å²) in [5.41, 5.74) is 2.08. The molecule has 1 aliphatic heterocycles. The van der Waals surface area contributed by atoms with Crippen molar-refractivity contribution in [3.63, 3.8) is 0 Å². The number of nitrogens with one attached hydrogen (secondary N) is 1. The number of carbonyl (C=O) groups is 2. The van der Waals surface area contributed by atoms with Gasteiger partial charge in [-0.05, 0) is 50.3 Å². The van der Waals surface area contributed by atoms with E-state index in [1.54, 1.807) is 11.2 Å². The monoisotopic (exact) mass is 369 g/mol. The topological polar surface area (TPSA) is 65.8 Å². The van der Waals surface area contributed by atoms with Gasteiger partial charge in [0.15, 0.2) is 0 Å². The molecule has 1 aromatic heterocycles. The lowest BCUT2D eigenvalue weighted by Gasteiger charge is -2.23. The van der Waals surface area contributed by atoms with Crippen molar-refractivity contribution in [1.29, 1.82) is 0 Å². The molecule has 1 aromatic carbocycles. The van der Waals surface area contributed by atoms with Crippen molar-refractivity contribution in [1.82, 2.24) is 10.2 Å². The van der Waals surface area contributed by atoms with Crippen molar-refractivity contribution in [3.8, 4) is 0 Å². The number of hydrogen-bond acceptors (Lipinski definition) is 4. The molecule has 144 valence electrons. The predicted molar refractivity (Wildman–Crippen MR) is 104 cm³/mol. The molecule has 1 N–H and O–H groups in total. The van der Waals surface area contributed by atoms with Crippen LogP contribution in [0.15, 0.2) is 47.1 Å². The van der Waals surface area contributed by atoms with Crippen LogP contribution in [-0.2, 0) is 16.0 Å². The van der Waals surface area contributed by atoms with Gasteiger partial charge in [-0.1, -0.05) is 19.1 Å². The summed E-state index contributed by atoms with van der Waals surface area (Å²) in [6.07, 6.45) is 2.84. The van der Waals surface area contributed by atoms with Gasteiger partial charge in [-0.15, -0.1) is 0 Å². The molecule has 2 atom stereocenters. The lowest BCUT2D eigenvalue weighted by atomic mass is 10.1. The van der Waals surface area contributed by atoms with Crippen LogP contribution < -0.4 is 10.2 Å². The second-order valence-corrected chi connectivity index (χ2v) is 7.17. The Labute approximate surface area is 160 Å². The number of furan rings is 1. The maximum atomic E-state index is 12.6. The first-order chi connectivity index (χ1) is 13.0. The molecule has 6 nitrogen and oxygen atoms in total. The van der Waals surface area contributed by atoms with E-state index >= 15 is 0 Å². The lowest BCUT2D eigenvalue weighted by molar-refractivity contribution is -0.126. The van der Waals surface area contributed by atoms with Gasteiger partial charge in [-0.2, -0.15) is 0 Å². The van der Waals surface area contributed by atoms with E-state index in [-0.39, 0.29) is 30.2 Å². The highest BCUT2D eigenvalue weighted by molar-refractivity contribution is 6.00. The van der Waals surface area contributed by atoms with Crippen molar-refractivity contribution in [2.45, 2.75) is 25.8 Å². The second kappa shape index (κ2) is 8.39. The molecule has 2 aromatic rings. The molecule has 1 saturated heterocycles. The van der Waals surface area contributed by atoms with Crippen molar-refractivity contribution < 1.29 is 14.0 Å². The minimum Gasteiger partial charge on any atom is -0.468 e. The van der Waals surface area contributed by atoms with Gasteiger partial charge in [0.25, 0.3) is 0 Å². The molecule has 0 spiro atoms. The molecule has 0 saturated carbocycles. The molecule has 0 radical (unpaired) electrons. The fraction of sp³-hybridized carbons (Fsp3) is 0.429. The van der Waals surface area contributed by atoms with E-state index in [1.165, 1.54) is 5.56 Å². The first-order valence-electron chi connectivity index (χ1n) is 9.36. The van der Waals surface area contributed by atoms with Gasteiger partial charge in [-0.3, -0.25) is 14.5 Å². The van der Waals surface area contributed by atoms with Crippen molar-refractivity contribution in [2.75, 3.05) is 32.1 Å². The maximum Gasteiger partial charge on any atom is 0.227 e.